The van der Waals surface area contributed by atoms with Crippen LogP contribution in [0.25, 0.3) is 28.1 Å². The highest BCUT2D eigenvalue weighted by Crippen LogP contribution is 2.31. The van der Waals surface area contributed by atoms with Gasteiger partial charge in [-0.1, -0.05) is 41.9 Å². The average molecular weight is 433 g/mol. The maximum absolute atomic E-state index is 13.3. The van der Waals surface area contributed by atoms with Crippen LogP contribution in [0.4, 0.5) is 0 Å². The summed E-state index contributed by atoms with van der Waals surface area (Å²) in [6, 6.07) is 19.7. The molecular weight excluding hydrogens is 416 g/mol. The maximum atomic E-state index is 13.3. The van der Waals surface area contributed by atoms with E-state index in [0.29, 0.717) is 38.8 Å². The molecule has 2 heterocycles. The molecule has 3 aromatic carbocycles. The molecule has 0 aliphatic rings. The second kappa shape index (κ2) is 7.45. The summed E-state index contributed by atoms with van der Waals surface area (Å²) < 4.78 is 8.64. The minimum absolute atomic E-state index is 0.0283. The largest absolute Gasteiger partial charge is 0.504 e. The third-order valence-corrected chi connectivity index (χ3v) is 5.60. The van der Waals surface area contributed by atoms with E-state index in [1.54, 1.807) is 28.8 Å². The highest BCUT2D eigenvalue weighted by Gasteiger charge is 2.19. The molecule has 0 aliphatic carbocycles. The number of aromatic nitrogens is 4. The van der Waals surface area contributed by atoms with Gasteiger partial charge in [-0.25, -0.2) is 0 Å². The second-order valence-electron chi connectivity index (χ2n) is 7.05. The molecule has 5 rings (SSSR count). The van der Waals surface area contributed by atoms with E-state index < -0.39 is 0 Å². The van der Waals surface area contributed by atoms with Crippen LogP contribution in [-0.2, 0) is 6.54 Å². The van der Waals surface area contributed by atoms with Crippen LogP contribution in [0, 0.1) is 0 Å². The number of hydrogen-bond acceptors (Lipinski definition) is 5. The summed E-state index contributed by atoms with van der Waals surface area (Å²) in [7, 11) is 1.48. The molecule has 2 aromatic heterocycles. The summed E-state index contributed by atoms with van der Waals surface area (Å²) in [5.41, 5.74) is 2.00. The van der Waals surface area contributed by atoms with Gasteiger partial charge in [-0.3, -0.25) is 13.8 Å². The summed E-state index contributed by atoms with van der Waals surface area (Å²) in [6.45, 7) is 0.254. The van der Waals surface area contributed by atoms with E-state index in [0.717, 1.165) is 5.56 Å². The van der Waals surface area contributed by atoms with Crippen molar-refractivity contribution in [2.75, 3.05) is 7.11 Å². The van der Waals surface area contributed by atoms with Crippen LogP contribution in [0.2, 0.25) is 5.02 Å². The average Bonchev–Trinajstić information content (AvgIpc) is 3.23. The van der Waals surface area contributed by atoms with Crippen molar-refractivity contribution in [2.24, 2.45) is 0 Å². The molecule has 0 fully saturated rings. The van der Waals surface area contributed by atoms with Gasteiger partial charge in [0.25, 0.3) is 5.56 Å². The monoisotopic (exact) mass is 432 g/mol. The van der Waals surface area contributed by atoms with Crippen molar-refractivity contribution >= 4 is 28.3 Å². The highest BCUT2D eigenvalue weighted by atomic mass is 35.5. The number of rotatable bonds is 4. The topological polar surface area (TPSA) is 81.7 Å². The summed E-state index contributed by atoms with van der Waals surface area (Å²) in [5.74, 6) is 1.27. The fourth-order valence-corrected chi connectivity index (χ4v) is 3.90. The SMILES string of the molecule is COc1cc(-c2nnc3n(Cc4ccccc4Cl)c(=O)c4ccccc4n23)ccc1O. The van der Waals surface area contributed by atoms with Crippen molar-refractivity contribution in [3.63, 3.8) is 0 Å². The number of nitrogens with zero attached hydrogens (tertiary/aromatic N) is 4. The number of para-hydroxylation sites is 1. The van der Waals surface area contributed by atoms with Crippen molar-refractivity contribution in [2.45, 2.75) is 6.54 Å². The predicted molar refractivity (Wildman–Crippen MR) is 119 cm³/mol. The Kier molecular flexibility index (Phi) is 4.60. The first-order chi connectivity index (χ1) is 15.1. The third kappa shape index (κ3) is 3.10. The molecule has 154 valence electrons. The number of hydrogen-bond donors (Lipinski definition) is 1. The number of methoxy groups -OCH3 is 1. The van der Waals surface area contributed by atoms with Crippen molar-refractivity contribution in [3.05, 3.63) is 87.7 Å². The maximum Gasteiger partial charge on any atom is 0.263 e. The molecule has 1 N–H and O–H groups in total. The van der Waals surface area contributed by atoms with E-state index in [4.69, 9.17) is 16.3 Å². The molecule has 0 radical (unpaired) electrons. The lowest BCUT2D eigenvalue weighted by Gasteiger charge is -2.12. The van der Waals surface area contributed by atoms with Gasteiger partial charge in [-0.05, 0) is 42.0 Å². The number of halogens is 1. The predicted octanol–water partition coefficient (Wildman–Crippen LogP) is 4.13. The Bertz CT molecular complexity index is 1510. The molecule has 0 spiro atoms. The van der Waals surface area contributed by atoms with Crippen LogP contribution >= 0.6 is 11.6 Å². The minimum Gasteiger partial charge on any atom is -0.504 e. The van der Waals surface area contributed by atoms with Crippen molar-refractivity contribution in [1.82, 2.24) is 19.2 Å². The first kappa shape index (κ1) is 19.1. The zero-order valence-electron chi connectivity index (χ0n) is 16.5. The van der Waals surface area contributed by atoms with Gasteiger partial charge in [-0.15, -0.1) is 10.2 Å². The summed E-state index contributed by atoms with van der Waals surface area (Å²) >= 11 is 6.35. The van der Waals surface area contributed by atoms with Crippen LogP contribution in [0.15, 0.2) is 71.5 Å². The molecule has 8 heteroatoms. The van der Waals surface area contributed by atoms with Gasteiger partial charge in [0.2, 0.25) is 5.78 Å². The molecule has 0 unspecified atom stereocenters. The second-order valence-corrected chi connectivity index (χ2v) is 7.45. The summed E-state index contributed by atoms with van der Waals surface area (Å²) in [4.78, 5) is 13.3. The van der Waals surface area contributed by atoms with Gasteiger partial charge >= 0.3 is 0 Å². The molecule has 0 aliphatic heterocycles. The quantitative estimate of drug-likeness (QED) is 0.462. The Balaban J connectivity index is 1.83. The number of fused-ring (bicyclic) bond motifs is 3. The summed E-state index contributed by atoms with van der Waals surface area (Å²) in [5, 5.41) is 19.8. The molecule has 31 heavy (non-hydrogen) atoms. The van der Waals surface area contributed by atoms with Crippen LogP contribution in [0.3, 0.4) is 0 Å². The van der Waals surface area contributed by atoms with E-state index in [9.17, 15) is 9.90 Å². The fourth-order valence-electron chi connectivity index (χ4n) is 3.70. The van der Waals surface area contributed by atoms with E-state index in [1.807, 2.05) is 40.8 Å². The van der Waals surface area contributed by atoms with E-state index in [2.05, 4.69) is 10.2 Å². The molecule has 0 saturated heterocycles. The summed E-state index contributed by atoms with van der Waals surface area (Å²) in [6.07, 6.45) is 0. The molecular formula is C23H17ClN4O3. The van der Waals surface area contributed by atoms with E-state index in [1.165, 1.54) is 13.2 Å². The normalized spacial score (nSPS) is 11.3. The van der Waals surface area contributed by atoms with Crippen molar-refractivity contribution in [1.29, 1.82) is 0 Å². The Morgan fingerprint density at radius 3 is 2.61 bits per heavy atom. The van der Waals surface area contributed by atoms with Gasteiger partial charge in [0, 0.05) is 10.6 Å². The first-order valence-electron chi connectivity index (χ1n) is 9.56. The molecule has 0 amide bonds. The van der Waals surface area contributed by atoms with Crippen molar-refractivity contribution in [3.8, 4) is 22.9 Å². The van der Waals surface area contributed by atoms with Gasteiger partial charge < -0.3 is 9.84 Å². The van der Waals surface area contributed by atoms with Crippen LogP contribution in [-0.4, -0.2) is 31.4 Å². The number of phenols is 1. The van der Waals surface area contributed by atoms with Crippen LogP contribution in [0.1, 0.15) is 5.56 Å². The van der Waals surface area contributed by atoms with Gasteiger partial charge in [0.05, 0.1) is 24.6 Å². The lowest BCUT2D eigenvalue weighted by atomic mass is 10.1. The standard InChI is InChI=1S/C23H17ClN4O3/c1-31-20-12-14(10-11-19(20)29)21-25-26-23-27(13-15-6-2-4-8-17(15)24)22(30)16-7-3-5-9-18(16)28(21)23/h2-12,29H,13H2,1H3. The highest BCUT2D eigenvalue weighted by molar-refractivity contribution is 6.31. The first-order valence-corrected chi connectivity index (χ1v) is 9.93. The van der Waals surface area contributed by atoms with Gasteiger partial charge in [0.15, 0.2) is 17.3 Å². The number of benzene rings is 3. The van der Waals surface area contributed by atoms with E-state index >= 15 is 0 Å². The Hall–Kier alpha value is -3.84. The van der Waals surface area contributed by atoms with Gasteiger partial charge in [-0.2, -0.15) is 0 Å². The minimum atomic E-state index is -0.176. The molecule has 0 bridgehead atoms. The fraction of sp³-hybridized carbons (Fsp3) is 0.0870. The Labute approximate surface area is 181 Å². The molecule has 5 aromatic rings. The Morgan fingerprint density at radius 2 is 1.81 bits per heavy atom. The lowest BCUT2D eigenvalue weighted by molar-refractivity contribution is 0.373. The number of phenolic OH excluding ortho intramolecular Hbond substituents is 1. The molecule has 7 nitrogen and oxygen atoms in total. The van der Waals surface area contributed by atoms with E-state index in [-0.39, 0.29) is 17.9 Å². The molecule has 0 atom stereocenters. The van der Waals surface area contributed by atoms with Crippen molar-refractivity contribution < 1.29 is 9.84 Å². The number of aromatic hydroxyl groups is 1. The third-order valence-electron chi connectivity index (χ3n) is 5.23. The van der Waals surface area contributed by atoms with Crippen LogP contribution in [0.5, 0.6) is 11.5 Å². The van der Waals surface area contributed by atoms with Gasteiger partial charge in [0.1, 0.15) is 0 Å². The molecule has 0 saturated carbocycles. The smallest absolute Gasteiger partial charge is 0.263 e. The Morgan fingerprint density at radius 1 is 1.03 bits per heavy atom. The zero-order valence-corrected chi connectivity index (χ0v) is 17.2. The zero-order chi connectivity index (χ0) is 21.5. The number of ether oxygens (including phenoxy) is 1. The van der Waals surface area contributed by atoms with Crippen LogP contribution < -0.4 is 10.3 Å². The lowest BCUT2D eigenvalue weighted by Crippen LogP contribution is -2.24.